The van der Waals surface area contributed by atoms with Crippen LogP contribution in [0.25, 0.3) is 0 Å². The number of nitrogens with zero attached hydrogens (tertiary/aromatic N) is 2. The number of Topliss-reactive ketones (excluding diaryl/α,β-unsaturated/α-hetero) is 1. The highest BCUT2D eigenvalue weighted by Crippen LogP contribution is 2.30. The predicted octanol–water partition coefficient (Wildman–Crippen LogP) is 4.79. The van der Waals surface area contributed by atoms with Crippen molar-refractivity contribution in [3.63, 3.8) is 0 Å². The summed E-state index contributed by atoms with van der Waals surface area (Å²) in [7, 11) is 1.51. The highest BCUT2D eigenvalue weighted by atomic mass is 32.2. The van der Waals surface area contributed by atoms with Gasteiger partial charge in [0.25, 0.3) is 5.91 Å². The van der Waals surface area contributed by atoms with Gasteiger partial charge in [0.2, 0.25) is 5.13 Å². The number of hydrogen-bond acceptors (Lipinski definition) is 7. The second kappa shape index (κ2) is 9.26. The number of amides is 1. The highest BCUT2D eigenvalue weighted by molar-refractivity contribution is 8.01. The molecule has 0 saturated heterocycles. The fourth-order valence-electron chi connectivity index (χ4n) is 2.31. The Hall–Kier alpha value is -2.92. The van der Waals surface area contributed by atoms with E-state index in [1.165, 1.54) is 7.11 Å². The van der Waals surface area contributed by atoms with Gasteiger partial charge in [-0.25, -0.2) is 0 Å². The van der Waals surface area contributed by atoms with Crippen LogP contribution in [-0.4, -0.2) is 34.8 Å². The minimum atomic E-state index is -4.47. The Kier molecular flexibility index (Phi) is 6.73. The maximum absolute atomic E-state index is 12.6. The summed E-state index contributed by atoms with van der Waals surface area (Å²) >= 11 is 2.22. The van der Waals surface area contributed by atoms with Crippen molar-refractivity contribution in [2.75, 3.05) is 18.2 Å². The Morgan fingerprint density at radius 1 is 1.10 bits per heavy atom. The SMILES string of the molecule is COc1cccc(C(=O)CSc2nnc(NC(=O)c3ccc(C(F)(F)F)cc3)s2)c1. The molecule has 3 rings (SSSR count). The zero-order valence-electron chi connectivity index (χ0n) is 15.4. The molecule has 156 valence electrons. The number of nitrogens with one attached hydrogen (secondary N) is 1. The molecule has 2 aromatic carbocycles. The first-order valence-electron chi connectivity index (χ1n) is 8.38. The zero-order chi connectivity index (χ0) is 21.7. The van der Waals surface area contributed by atoms with Gasteiger partial charge in [0.05, 0.1) is 18.4 Å². The van der Waals surface area contributed by atoms with Crippen LogP contribution in [-0.2, 0) is 6.18 Å². The highest BCUT2D eigenvalue weighted by Gasteiger charge is 2.30. The summed E-state index contributed by atoms with van der Waals surface area (Å²) in [5, 5.41) is 10.4. The standard InChI is InChI=1S/C19H14F3N3O3S2/c1-28-14-4-2-3-12(9-14)15(26)10-29-18-25-24-17(30-18)23-16(27)11-5-7-13(8-6-11)19(20,21)22/h2-9H,10H2,1H3,(H,23,24,27). The number of rotatable bonds is 7. The Balaban J connectivity index is 1.57. The van der Waals surface area contributed by atoms with Gasteiger partial charge < -0.3 is 4.74 Å². The Morgan fingerprint density at radius 2 is 1.83 bits per heavy atom. The van der Waals surface area contributed by atoms with Gasteiger partial charge in [-0.3, -0.25) is 14.9 Å². The van der Waals surface area contributed by atoms with Gasteiger partial charge in [-0.15, -0.1) is 10.2 Å². The van der Waals surface area contributed by atoms with Crippen molar-refractivity contribution in [1.82, 2.24) is 10.2 Å². The molecule has 0 aliphatic rings. The van der Waals surface area contributed by atoms with Crippen molar-refractivity contribution in [1.29, 1.82) is 0 Å². The van der Waals surface area contributed by atoms with E-state index in [4.69, 9.17) is 4.74 Å². The lowest BCUT2D eigenvalue weighted by Crippen LogP contribution is -2.12. The summed E-state index contributed by atoms with van der Waals surface area (Å²) < 4.78 is 43.3. The second-order valence-electron chi connectivity index (χ2n) is 5.85. The summed E-state index contributed by atoms with van der Waals surface area (Å²) in [6.07, 6.45) is -4.47. The monoisotopic (exact) mass is 453 g/mol. The predicted molar refractivity (Wildman–Crippen MR) is 107 cm³/mol. The van der Waals surface area contributed by atoms with Gasteiger partial charge in [0.1, 0.15) is 5.75 Å². The van der Waals surface area contributed by atoms with Gasteiger partial charge in [-0.2, -0.15) is 13.2 Å². The number of ketones is 1. The Bertz CT molecular complexity index is 1050. The lowest BCUT2D eigenvalue weighted by molar-refractivity contribution is -0.137. The minimum absolute atomic E-state index is 0.0561. The van der Waals surface area contributed by atoms with Gasteiger partial charge in [-0.1, -0.05) is 35.2 Å². The van der Waals surface area contributed by atoms with Crippen molar-refractivity contribution in [2.24, 2.45) is 0 Å². The lowest BCUT2D eigenvalue weighted by atomic mass is 10.1. The van der Waals surface area contributed by atoms with Crippen LogP contribution < -0.4 is 10.1 Å². The maximum Gasteiger partial charge on any atom is 0.416 e. The Morgan fingerprint density at radius 3 is 2.50 bits per heavy atom. The van der Waals surface area contributed by atoms with E-state index in [-0.39, 0.29) is 22.2 Å². The van der Waals surface area contributed by atoms with Crippen LogP contribution in [0.1, 0.15) is 26.3 Å². The summed E-state index contributed by atoms with van der Waals surface area (Å²) in [5.74, 6) is -0.0300. The number of anilines is 1. The number of benzene rings is 2. The van der Waals surface area contributed by atoms with Crippen LogP contribution in [0.5, 0.6) is 5.75 Å². The number of aromatic nitrogens is 2. The van der Waals surface area contributed by atoms with Gasteiger partial charge in [-0.05, 0) is 36.4 Å². The molecule has 0 spiro atoms. The molecule has 0 aliphatic carbocycles. The van der Waals surface area contributed by atoms with E-state index >= 15 is 0 Å². The van der Waals surface area contributed by atoms with Crippen LogP contribution in [0, 0.1) is 0 Å². The van der Waals surface area contributed by atoms with Crippen LogP contribution in [0.2, 0.25) is 0 Å². The number of halogens is 3. The fourth-order valence-corrected chi connectivity index (χ4v) is 3.95. The first kappa shape index (κ1) is 21.8. The van der Waals surface area contributed by atoms with Crippen LogP contribution in [0.15, 0.2) is 52.9 Å². The molecular formula is C19H14F3N3O3S2. The van der Waals surface area contributed by atoms with E-state index < -0.39 is 17.6 Å². The van der Waals surface area contributed by atoms with E-state index in [2.05, 4.69) is 15.5 Å². The van der Waals surface area contributed by atoms with Crippen molar-refractivity contribution in [3.8, 4) is 5.75 Å². The van der Waals surface area contributed by atoms with E-state index in [9.17, 15) is 22.8 Å². The first-order valence-corrected chi connectivity index (χ1v) is 10.2. The molecule has 1 amide bonds. The number of thioether (sulfide) groups is 1. The number of carbonyl (C=O) groups excluding carboxylic acids is 2. The normalized spacial score (nSPS) is 11.2. The molecule has 6 nitrogen and oxygen atoms in total. The second-order valence-corrected chi connectivity index (χ2v) is 8.05. The van der Waals surface area contributed by atoms with Crippen LogP contribution in [0.4, 0.5) is 18.3 Å². The van der Waals surface area contributed by atoms with Gasteiger partial charge in [0, 0.05) is 11.1 Å². The molecule has 30 heavy (non-hydrogen) atoms. The number of methoxy groups -OCH3 is 1. The average Bonchev–Trinajstić information content (AvgIpc) is 3.18. The molecule has 0 atom stereocenters. The molecule has 0 bridgehead atoms. The first-order chi connectivity index (χ1) is 14.3. The molecule has 1 N–H and O–H groups in total. The maximum atomic E-state index is 12.6. The van der Waals surface area contributed by atoms with Crippen LogP contribution in [0.3, 0.4) is 0 Å². The van der Waals surface area contributed by atoms with Crippen molar-refractivity contribution < 1.29 is 27.5 Å². The number of alkyl halides is 3. The Labute approximate surface area is 177 Å². The molecule has 1 aromatic heterocycles. The fraction of sp³-hybridized carbons (Fsp3) is 0.158. The molecular weight excluding hydrogens is 439 g/mol. The molecule has 11 heteroatoms. The molecule has 0 unspecified atom stereocenters. The third-order valence-electron chi connectivity index (χ3n) is 3.82. The van der Waals surface area contributed by atoms with E-state index in [0.717, 1.165) is 47.4 Å². The van der Waals surface area contributed by atoms with Crippen molar-refractivity contribution in [3.05, 3.63) is 65.2 Å². The third-order valence-corrected chi connectivity index (χ3v) is 5.79. The molecule has 0 radical (unpaired) electrons. The summed E-state index contributed by atoms with van der Waals surface area (Å²) in [6, 6.07) is 10.6. The van der Waals surface area contributed by atoms with Crippen LogP contribution >= 0.6 is 23.1 Å². The van der Waals surface area contributed by atoms with E-state index in [0.29, 0.717) is 15.7 Å². The molecule has 0 aliphatic heterocycles. The molecule has 1 heterocycles. The minimum Gasteiger partial charge on any atom is -0.497 e. The smallest absolute Gasteiger partial charge is 0.416 e. The van der Waals surface area contributed by atoms with Gasteiger partial charge in [0.15, 0.2) is 10.1 Å². The lowest BCUT2D eigenvalue weighted by Gasteiger charge is -2.07. The average molecular weight is 453 g/mol. The summed E-state index contributed by atoms with van der Waals surface area (Å²) in [6.45, 7) is 0. The largest absolute Gasteiger partial charge is 0.497 e. The van der Waals surface area contributed by atoms with E-state index in [1.54, 1.807) is 24.3 Å². The topological polar surface area (TPSA) is 81.2 Å². The third kappa shape index (κ3) is 5.57. The molecule has 3 aromatic rings. The zero-order valence-corrected chi connectivity index (χ0v) is 17.0. The number of hydrogen-bond donors (Lipinski definition) is 1. The number of carbonyl (C=O) groups is 2. The van der Waals surface area contributed by atoms with Crippen molar-refractivity contribution in [2.45, 2.75) is 10.5 Å². The molecule has 0 fully saturated rings. The summed E-state index contributed by atoms with van der Waals surface area (Å²) in [5.41, 5.74) is -0.280. The van der Waals surface area contributed by atoms with Gasteiger partial charge >= 0.3 is 6.18 Å². The van der Waals surface area contributed by atoms with Crippen molar-refractivity contribution >= 4 is 39.9 Å². The molecule has 0 saturated carbocycles. The summed E-state index contributed by atoms with van der Waals surface area (Å²) in [4.78, 5) is 24.5. The van der Waals surface area contributed by atoms with E-state index in [1.807, 2.05) is 0 Å². The number of ether oxygens (including phenoxy) is 1. The quantitative estimate of drug-likeness (QED) is 0.315.